The Bertz CT molecular complexity index is 442. The maximum absolute atomic E-state index is 12.8. The molecule has 0 saturated heterocycles. The summed E-state index contributed by atoms with van der Waals surface area (Å²) >= 11 is 0. The SMILES string of the molecule is CCC(CC)N(CCOC)C(=O)c1ccc(N)cc1C. The lowest BCUT2D eigenvalue weighted by Crippen LogP contribution is -2.42. The van der Waals surface area contributed by atoms with Crippen LogP contribution in [-0.2, 0) is 4.74 Å². The Morgan fingerprint density at radius 2 is 2.00 bits per heavy atom. The van der Waals surface area contributed by atoms with Crippen molar-refractivity contribution in [1.82, 2.24) is 4.90 Å². The van der Waals surface area contributed by atoms with Crippen molar-refractivity contribution in [1.29, 1.82) is 0 Å². The number of carbonyl (C=O) groups excluding carboxylic acids is 1. The van der Waals surface area contributed by atoms with Crippen LogP contribution < -0.4 is 5.73 Å². The summed E-state index contributed by atoms with van der Waals surface area (Å²) in [5, 5.41) is 0. The summed E-state index contributed by atoms with van der Waals surface area (Å²) in [6.07, 6.45) is 1.89. The highest BCUT2D eigenvalue weighted by molar-refractivity contribution is 5.96. The number of nitrogens with zero attached hydrogens (tertiary/aromatic N) is 1. The first-order valence-corrected chi connectivity index (χ1v) is 7.21. The van der Waals surface area contributed by atoms with Crippen LogP contribution in [0.4, 0.5) is 5.69 Å². The molecule has 0 radical (unpaired) electrons. The zero-order valence-corrected chi connectivity index (χ0v) is 13.0. The van der Waals surface area contributed by atoms with Gasteiger partial charge < -0.3 is 15.4 Å². The third kappa shape index (κ3) is 3.97. The van der Waals surface area contributed by atoms with Crippen molar-refractivity contribution >= 4 is 11.6 Å². The van der Waals surface area contributed by atoms with Gasteiger partial charge in [0.05, 0.1) is 6.61 Å². The summed E-state index contributed by atoms with van der Waals surface area (Å²) in [6, 6.07) is 5.68. The molecule has 0 unspecified atom stereocenters. The Morgan fingerprint density at radius 1 is 1.35 bits per heavy atom. The molecular weight excluding hydrogens is 252 g/mol. The van der Waals surface area contributed by atoms with E-state index in [0.717, 1.165) is 24.0 Å². The van der Waals surface area contributed by atoms with E-state index in [2.05, 4.69) is 13.8 Å². The summed E-state index contributed by atoms with van der Waals surface area (Å²) in [5.41, 5.74) is 8.08. The molecule has 0 fully saturated rings. The van der Waals surface area contributed by atoms with Gasteiger partial charge in [0.1, 0.15) is 0 Å². The fraction of sp³-hybridized carbons (Fsp3) is 0.562. The molecule has 1 rings (SSSR count). The van der Waals surface area contributed by atoms with Gasteiger partial charge in [0.15, 0.2) is 0 Å². The summed E-state index contributed by atoms with van der Waals surface area (Å²) < 4.78 is 5.13. The second-order valence-corrected chi connectivity index (χ2v) is 5.04. The highest BCUT2D eigenvalue weighted by atomic mass is 16.5. The number of aryl methyl sites for hydroxylation is 1. The molecule has 20 heavy (non-hydrogen) atoms. The quantitative estimate of drug-likeness (QED) is 0.780. The first-order chi connectivity index (χ1) is 9.54. The van der Waals surface area contributed by atoms with Crippen LogP contribution in [0.2, 0.25) is 0 Å². The van der Waals surface area contributed by atoms with Crippen LogP contribution in [0.15, 0.2) is 18.2 Å². The number of nitrogen functional groups attached to an aromatic ring is 1. The average Bonchev–Trinajstić information content (AvgIpc) is 2.43. The number of nitrogens with two attached hydrogens (primary N) is 1. The molecular formula is C16H26N2O2. The lowest BCUT2D eigenvalue weighted by Gasteiger charge is -2.31. The molecule has 0 atom stereocenters. The van der Waals surface area contributed by atoms with Gasteiger partial charge in [0.25, 0.3) is 5.91 Å². The first kappa shape index (κ1) is 16.5. The van der Waals surface area contributed by atoms with Crippen LogP contribution in [0.5, 0.6) is 0 Å². The van der Waals surface area contributed by atoms with E-state index >= 15 is 0 Å². The zero-order valence-electron chi connectivity index (χ0n) is 13.0. The number of ether oxygens (including phenoxy) is 1. The second-order valence-electron chi connectivity index (χ2n) is 5.04. The van der Waals surface area contributed by atoms with Gasteiger partial charge in [-0.05, 0) is 43.5 Å². The van der Waals surface area contributed by atoms with Gasteiger partial charge in [-0.1, -0.05) is 13.8 Å². The molecule has 0 saturated carbocycles. The topological polar surface area (TPSA) is 55.6 Å². The Kier molecular flexibility index (Phi) is 6.52. The fourth-order valence-electron chi connectivity index (χ4n) is 2.45. The molecule has 0 aliphatic heterocycles. The largest absolute Gasteiger partial charge is 0.399 e. The fourth-order valence-corrected chi connectivity index (χ4v) is 2.45. The number of benzene rings is 1. The predicted octanol–water partition coefficient (Wildman–Crippen LogP) is 2.85. The summed E-state index contributed by atoms with van der Waals surface area (Å²) in [4.78, 5) is 14.7. The third-order valence-electron chi connectivity index (χ3n) is 3.66. The van der Waals surface area contributed by atoms with E-state index in [9.17, 15) is 4.79 Å². The second kappa shape index (κ2) is 7.90. The normalized spacial score (nSPS) is 10.8. The molecule has 0 heterocycles. The highest BCUT2D eigenvalue weighted by Gasteiger charge is 2.23. The summed E-state index contributed by atoms with van der Waals surface area (Å²) in [5.74, 6) is 0.0632. The summed E-state index contributed by atoms with van der Waals surface area (Å²) in [6.45, 7) is 7.31. The van der Waals surface area contributed by atoms with Gasteiger partial charge in [-0.15, -0.1) is 0 Å². The zero-order chi connectivity index (χ0) is 15.1. The monoisotopic (exact) mass is 278 g/mol. The van der Waals surface area contributed by atoms with E-state index in [-0.39, 0.29) is 11.9 Å². The minimum Gasteiger partial charge on any atom is -0.399 e. The lowest BCUT2D eigenvalue weighted by molar-refractivity contribution is 0.0589. The Labute approximate surface area is 121 Å². The van der Waals surface area contributed by atoms with Crippen molar-refractivity contribution in [3.05, 3.63) is 29.3 Å². The molecule has 112 valence electrons. The van der Waals surface area contributed by atoms with E-state index in [1.807, 2.05) is 24.0 Å². The molecule has 1 aromatic rings. The minimum absolute atomic E-state index is 0.0632. The average molecular weight is 278 g/mol. The van der Waals surface area contributed by atoms with Crippen molar-refractivity contribution in [2.45, 2.75) is 39.7 Å². The van der Waals surface area contributed by atoms with E-state index < -0.39 is 0 Å². The number of carbonyl (C=O) groups is 1. The van der Waals surface area contributed by atoms with E-state index in [1.165, 1.54) is 0 Å². The van der Waals surface area contributed by atoms with Crippen molar-refractivity contribution in [2.24, 2.45) is 0 Å². The van der Waals surface area contributed by atoms with Gasteiger partial charge in [-0.2, -0.15) is 0 Å². The Hall–Kier alpha value is -1.55. The first-order valence-electron chi connectivity index (χ1n) is 7.21. The van der Waals surface area contributed by atoms with Crippen LogP contribution in [0.25, 0.3) is 0 Å². The Morgan fingerprint density at radius 3 is 2.50 bits per heavy atom. The van der Waals surface area contributed by atoms with Crippen LogP contribution in [0, 0.1) is 6.92 Å². The smallest absolute Gasteiger partial charge is 0.254 e. The number of hydrogen-bond acceptors (Lipinski definition) is 3. The van der Waals surface area contributed by atoms with Gasteiger partial charge >= 0.3 is 0 Å². The standard InChI is InChI=1S/C16H26N2O2/c1-5-14(6-2)18(9-10-20-4)16(19)15-8-7-13(17)11-12(15)3/h7-8,11,14H,5-6,9-10,17H2,1-4H3. The molecule has 0 spiro atoms. The van der Waals surface area contributed by atoms with Crippen LogP contribution >= 0.6 is 0 Å². The van der Waals surface area contributed by atoms with Crippen molar-refractivity contribution in [2.75, 3.05) is 26.0 Å². The highest BCUT2D eigenvalue weighted by Crippen LogP contribution is 2.18. The van der Waals surface area contributed by atoms with E-state index in [4.69, 9.17) is 10.5 Å². The molecule has 2 N–H and O–H groups in total. The van der Waals surface area contributed by atoms with Crippen LogP contribution in [0.3, 0.4) is 0 Å². The third-order valence-corrected chi connectivity index (χ3v) is 3.66. The number of methoxy groups -OCH3 is 1. The van der Waals surface area contributed by atoms with Gasteiger partial charge in [-0.25, -0.2) is 0 Å². The maximum Gasteiger partial charge on any atom is 0.254 e. The van der Waals surface area contributed by atoms with Gasteiger partial charge in [0.2, 0.25) is 0 Å². The van der Waals surface area contributed by atoms with Crippen molar-refractivity contribution in [3.63, 3.8) is 0 Å². The van der Waals surface area contributed by atoms with E-state index in [0.29, 0.717) is 18.8 Å². The van der Waals surface area contributed by atoms with Crippen molar-refractivity contribution in [3.8, 4) is 0 Å². The van der Waals surface area contributed by atoms with Gasteiger partial charge in [-0.3, -0.25) is 4.79 Å². The number of rotatable bonds is 7. The maximum atomic E-state index is 12.8. The molecule has 0 aromatic heterocycles. The van der Waals surface area contributed by atoms with Crippen LogP contribution in [-0.4, -0.2) is 37.1 Å². The van der Waals surface area contributed by atoms with Crippen molar-refractivity contribution < 1.29 is 9.53 Å². The predicted molar refractivity (Wildman–Crippen MR) is 82.9 cm³/mol. The molecule has 0 aliphatic carbocycles. The summed E-state index contributed by atoms with van der Waals surface area (Å²) in [7, 11) is 1.66. The van der Waals surface area contributed by atoms with Gasteiger partial charge in [0, 0.05) is 30.9 Å². The number of amides is 1. The van der Waals surface area contributed by atoms with E-state index in [1.54, 1.807) is 13.2 Å². The Balaban J connectivity index is 3.02. The molecule has 1 aromatic carbocycles. The number of anilines is 1. The van der Waals surface area contributed by atoms with Crippen LogP contribution in [0.1, 0.15) is 42.6 Å². The lowest BCUT2D eigenvalue weighted by atomic mass is 10.0. The molecule has 4 nitrogen and oxygen atoms in total. The number of hydrogen-bond donors (Lipinski definition) is 1. The molecule has 1 amide bonds. The molecule has 0 bridgehead atoms. The minimum atomic E-state index is 0.0632. The molecule has 4 heteroatoms. The molecule has 0 aliphatic rings.